The number of aromatic amines is 1. The van der Waals surface area contributed by atoms with E-state index in [0.717, 1.165) is 18.2 Å². The highest BCUT2D eigenvalue weighted by Gasteiger charge is 2.31. The van der Waals surface area contributed by atoms with Crippen LogP contribution in [0.1, 0.15) is 18.3 Å². The lowest BCUT2D eigenvalue weighted by Gasteiger charge is -2.15. The van der Waals surface area contributed by atoms with E-state index in [0.29, 0.717) is 5.82 Å². The predicted molar refractivity (Wildman–Crippen MR) is 87.2 cm³/mol. The number of halogens is 3. The van der Waals surface area contributed by atoms with Crippen molar-refractivity contribution in [2.75, 3.05) is 18.5 Å². The number of hydrogen-bond acceptors (Lipinski definition) is 4. The first-order valence-electron chi connectivity index (χ1n) is 7.71. The minimum atomic E-state index is -4.54. The van der Waals surface area contributed by atoms with Gasteiger partial charge in [-0.05, 0) is 25.1 Å². The maximum atomic E-state index is 12.8. The minimum Gasteiger partial charge on any atom is -0.492 e. The van der Waals surface area contributed by atoms with Gasteiger partial charge in [-0.3, -0.25) is 4.57 Å². The molecule has 1 heterocycles. The molecule has 0 aliphatic heterocycles. The zero-order valence-electron chi connectivity index (χ0n) is 14.1. The summed E-state index contributed by atoms with van der Waals surface area (Å²) >= 11 is 0. The Balaban J connectivity index is 2.02. The highest BCUT2D eigenvalue weighted by Crippen LogP contribution is 2.35. The number of carbonyl (C=O) groups is 1. The summed E-state index contributed by atoms with van der Waals surface area (Å²) in [6, 6.07) is 2.14. The fraction of sp³-hybridized carbons (Fsp3) is 0.400. The lowest BCUT2D eigenvalue weighted by atomic mass is 10.2. The molecule has 0 saturated heterocycles. The highest BCUT2D eigenvalue weighted by molar-refractivity contribution is 5.91. The third kappa shape index (κ3) is 4.77. The second-order valence-corrected chi connectivity index (χ2v) is 5.28. The van der Waals surface area contributed by atoms with Gasteiger partial charge < -0.3 is 15.4 Å². The number of rotatable bonds is 6. The van der Waals surface area contributed by atoms with Gasteiger partial charge in [-0.15, -0.1) is 0 Å². The monoisotopic (exact) mass is 373 g/mol. The molecule has 0 atom stereocenters. The Labute approximate surface area is 146 Å². The van der Waals surface area contributed by atoms with Gasteiger partial charge in [0.25, 0.3) is 0 Å². The summed E-state index contributed by atoms with van der Waals surface area (Å²) in [7, 11) is 1.53. The number of benzene rings is 1. The number of ether oxygens (including phenoxy) is 1. The van der Waals surface area contributed by atoms with Crippen molar-refractivity contribution in [2.45, 2.75) is 19.5 Å². The predicted octanol–water partition coefficient (Wildman–Crippen LogP) is 1.89. The third-order valence-corrected chi connectivity index (χ3v) is 3.46. The number of urea groups is 1. The first kappa shape index (κ1) is 19.3. The fourth-order valence-electron chi connectivity index (χ4n) is 2.14. The molecule has 0 unspecified atom stereocenters. The maximum Gasteiger partial charge on any atom is 0.416 e. The Morgan fingerprint density at radius 2 is 2.12 bits per heavy atom. The summed E-state index contributed by atoms with van der Waals surface area (Å²) in [5.41, 5.74) is -1.37. The van der Waals surface area contributed by atoms with Crippen LogP contribution in [-0.4, -0.2) is 33.9 Å². The van der Waals surface area contributed by atoms with Crippen LogP contribution in [0, 0.1) is 0 Å². The molecule has 0 saturated carbocycles. The smallest absolute Gasteiger partial charge is 0.416 e. The maximum absolute atomic E-state index is 12.8. The van der Waals surface area contributed by atoms with Crippen molar-refractivity contribution in [3.8, 4) is 5.75 Å². The van der Waals surface area contributed by atoms with Crippen LogP contribution >= 0.6 is 0 Å². The minimum absolute atomic E-state index is 0.0913. The van der Waals surface area contributed by atoms with Crippen LogP contribution in [0.25, 0.3) is 0 Å². The van der Waals surface area contributed by atoms with E-state index in [1.165, 1.54) is 11.6 Å². The zero-order chi connectivity index (χ0) is 19.3. The first-order chi connectivity index (χ1) is 12.2. The molecule has 2 aromatic rings. The number of aromatic nitrogens is 3. The molecule has 11 heteroatoms. The van der Waals surface area contributed by atoms with E-state index >= 15 is 0 Å². The van der Waals surface area contributed by atoms with Crippen LogP contribution in [-0.2, 0) is 19.6 Å². The van der Waals surface area contributed by atoms with Crippen LogP contribution in [0.2, 0.25) is 0 Å². The molecule has 0 aliphatic carbocycles. The number of nitrogens with zero attached hydrogens (tertiary/aromatic N) is 2. The fourth-order valence-corrected chi connectivity index (χ4v) is 2.14. The summed E-state index contributed by atoms with van der Waals surface area (Å²) in [4.78, 5) is 23.2. The van der Waals surface area contributed by atoms with Crippen molar-refractivity contribution in [3.05, 3.63) is 40.1 Å². The molecule has 26 heavy (non-hydrogen) atoms. The van der Waals surface area contributed by atoms with E-state index < -0.39 is 17.8 Å². The Morgan fingerprint density at radius 3 is 2.69 bits per heavy atom. The van der Waals surface area contributed by atoms with Gasteiger partial charge in [0.05, 0.1) is 17.9 Å². The number of amides is 2. The number of nitrogens with one attached hydrogen (secondary N) is 3. The van der Waals surface area contributed by atoms with Crippen molar-refractivity contribution in [1.29, 1.82) is 0 Å². The lowest BCUT2D eigenvalue weighted by molar-refractivity contribution is -0.137. The summed E-state index contributed by atoms with van der Waals surface area (Å²) in [6.45, 7) is 2.04. The number of hydrogen-bond donors (Lipinski definition) is 3. The third-order valence-electron chi connectivity index (χ3n) is 3.46. The van der Waals surface area contributed by atoms with E-state index in [1.54, 1.807) is 6.92 Å². The van der Waals surface area contributed by atoms with Crippen LogP contribution in [0.15, 0.2) is 23.0 Å². The van der Waals surface area contributed by atoms with Gasteiger partial charge in [-0.25, -0.2) is 14.7 Å². The summed E-state index contributed by atoms with van der Waals surface area (Å²) in [6.07, 6.45) is -4.27. The Morgan fingerprint density at radius 1 is 1.38 bits per heavy atom. The summed E-state index contributed by atoms with van der Waals surface area (Å²) < 4.78 is 45.1. The quantitative estimate of drug-likeness (QED) is 0.720. The average Bonchev–Trinajstić information content (AvgIpc) is 2.88. The summed E-state index contributed by atoms with van der Waals surface area (Å²) in [5, 5.41) is 10.9. The lowest BCUT2D eigenvalue weighted by Crippen LogP contribution is -2.31. The van der Waals surface area contributed by atoms with Crippen LogP contribution < -0.4 is 21.1 Å². The molecule has 0 bridgehead atoms. The van der Waals surface area contributed by atoms with Crippen LogP contribution in [0.3, 0.4) is 0 Å². The molecule has 0 aliphatic rings. The van der Waals surface area contributed by atoms with Crippen molar-refractivity contribution in [3.63, 3.8) is 0 Å². The molecule has 0 fully saturated rings. The molecular weight excluding hydrogens is 355 g/mol. The van der Waals surface area contributed by atoms with Gasteiger partial charge in [-0.1, -0.05) is 0 Å². The van der Waals surface area contributed by atoms with Crippen LogP contribution in [0.5, 0.6) is 5.75 Å². The average molecular weight is 373 g/mol. The number of H-pyrrole nitrogens is 1. The van der Waals surface area contributed by atoms with E-state index in [2.05, 4.69) is 20.8 Å². The molecule has 1 aromatic carbocycles. The Hall–Kier alpha value is -2.98. The standard InChI is InChI=1S/C15H18F3N5O3/c1-3-26-11-5-4-9(15(16,17)18)8-10(11)20-13(24)19-7-6-12-21-22-14(25)23(12)2/h4-5,8H,3,6-7H2,1-2H3,(H,22,25)(H2,19,20,24). The number of anilines is 1. The van der Waals surface area contributed by atoms with Crippen molar-refractivity contribution < 1.29 is 22.7 Å². The molecule has 0 spiro atoms. The molecule has 2 rings (SSSR count). The second kappa shape index (κ2) is 7.93. The molecule has 3 N–H and O–H groups in total. The Kier molecular flexibility index (Phi) is 5.90. The van der Waals surface area contributed by atoms with Gasteiger partial charge in [-0.2, -0.15) is 18.3 Å². The van der Waals surface area contributed by atoms with Crippen molar-refractivity contribution in [1.82, 2.24) is 20.1 Å². The second-order valence-electron chi connectivity index (χ2n) is 5.28. The highest BCUT2D eigenvalue weighted by atomic mass is 19.4. The van der Waals surface area contributed by atoms with E-state index in [1.807, 2.05) is 0 Å². The topological polar surface area (TPSA) is 101 Å². The summed E-state index contributed by atoms with van der Waals surface area (Å²) in [5.74, 6) is 0.565. The van der Waals surface area contributed by atoms with E-state index in [-0.39, 0.29) is 36.7 Å². The Bertz CT molecular complexity index is 829. The number of carbonyl (C=O) groups excluding carboxylic acids is 1. The van der Waals surface area contributed by atoms with Gasteiger partial charge in [0.2, 0.25) is 0 Å². The van der Waals surface area contributed by atoms with Gasteiger partial charge in [0.1, 0.15) is 11.6 Å². The SMILES string of the molecule is CCOc1ccc(C(F)(F)F)cc1NC(=O)NCCc1n[nH]c(=O)n1C. The van der Waals surface area contributed by atoms with Crippen molar-refractivity contribution >= 4 is 11.7 Å². The molecular formula is C15H18F3N5O3. The van der Waals surface area contributed by atoms with Gasteiger partial charge in [0, 0.05) is 20.0 Å². The normalized spacial score (nSPS) is 11.3. The van der Waals surface area contributed by atoms with Gasteiger partial charge in [0.15, 0.2) is 0 Å². The largest absolute Gasteiger partial charge is 0.492 e. The molecule has 8 nitrogen and oxygen atoms in total. The molecule has 1 aromatic heterocycles. The van der Waals surface area contributed by atoms with Gasteiger partial charge >= 0.3 is 17.9 Å². The first-order valence-corrected chi connectivity index (χ1v) is 7.71. The molecule has 2 amide bonds. The number of alkyl halides is 3. The molecule has 0 radical (unpaired) electrons. The van der Waals surface area contributed by atoms with E-state index in [9.17, 15) is 22.8 Å². The molecule has 142 valence electrons. The zero-order valence-corrected chi connectivity index (χ0v) is 14.1. The van der Waals surface area contributed by atoms with Crippen molar-refractivity contribution in [2.24, 2.45) is 7.05 Å². The van der Waals surface area contributed by atoms with Crippen LogP contribution in [0.4, 0.5) is 23.7 Å². The van der Waals surface area contributed by atoms with E-state index in [4.69, 9.17) is 4.74 Å².